The summed E-state index contributed by atoms with van der Waals surface area (Å²) in [6.45, 7) is 4.30. The Bertz CT molecular complexity index is 1320. The van der Waals surface area contributed by atoms with E-state index < -0.39 is 0 Å². The molecule has 0 unspecified atom stereocenters. The molecule has 0 spiro atoms. The highest BCUT2D eigenvalue weighted by Crippen LogP contribution is 2.31. The van der Waals surface area contributed by atoms with Crippen LogP contribution in [0.1, 0.15) is 33.4 Å². The first-order valence-electron chi connectivity index (χ1n) is 10.7. The van der Waals surface area contributed by atoms with Gasteiger partial charge in [-0.3, -0.25) is 0 Å². The molecule has 5 aromatic rings. The number of hydrogen-bond acceptors (Lipinski definition) is 0. The van der Waals surface area contributed by atoms with Gasteiger partial charge >= 0.3 is 0 Å². The molecule has 0 fully saturated rings. The fraction of sp³-hybridized carbons (Fsp3) is 0.133. The van der Waals surface area contributed by atoms with Crippen molar-refractivity contribution >= 4 is 21.5 Å². The van der Waals surface area contributed by atoms with Crippen molar-refractivity contribution in [1.82, 2.24) is 0 Å². The van der Waals surface area contributed by atoms with Crippen LogP contribution in [0.25, 0.3) is 21.5 Å². The monoisotopic (exact) mass is 386 g/mol. The Hall–Kier alpha value is -3.38. The zero-order valence-corrected chi connectivity index (χ0v) is 17.7. The third kappa shape index (κ3) is 3.74. The Labute approximate surface area is 178 Å². The fourth-order valence-corrected chi connectivity index (χ4v) is 4.33. The van der Waals surface area contributed by atoms with E-state index in [9.17, 15) is 0 Å². The third-order valence-electron chi connectivity index (χ3n) is 6.11. The minimum atomic E-state index is 0.956. The quantitative estimate of drug-likeness (QED) is 0.276. The first-order chi connectivity index (χ1) is 14.7. The fourth-order valence-electron chi connectivity index (χ4n) is 4.33. The van der Waals surface area contributed by atoms with Gasteiger partial charge in [0.05, 0.1) is 0 Å². The molecule has 0 bridgehead atoms. The van der Waals surface area contributed by atoms with Gasteiger partial charge in [0.25, 0.3) is 0 Å². The van der Waals surface area contributed by atoms with Gasteiger partial charge in [-0.2, -0.15) is 0 Å². The lowest BCUT2D eigenvalue weighted by Gasteiger charge is -2.15. The second-order valence-corrected chi connectivity index (χ2v) is 8.45. The van der Waals surface area contributed by atoms with E-state index in [2.05, 4.69) is 111 Å². The van der Waals surface area contributed by atoms with Crippen LogP contribution in [0.3, 0.4) is 0 Å². The predicted molar refractivity (Wildman–Crippen MR) is 129 cm³/mol. The molecule has 0 radical (unpaired) electrons. The Morgan fingerprint density at radius 3 is 1.70 bits per heavy atom. The summed E-state index contributed by atoms with van der Waals surface area (Å²) in [5.41, 5.74) is 8.22. The summed E-state index contributed by atoms with van der Waals surface area (Å²) >= 11 is 0. The lowest BCUT2D eigenvalue weighted by atomic mass is 9.89. The zero-order chi connectivity index (χ0) is 20.5. The summed E-state index contributed by atoms with van der Waals surface area (Å²) < 4.78 is 0. The molecule has 0 heterocycles. The Morgan fingerprint density at radius 2 is 1.07 bits per heavy atom. The molecule has 0 aliphatic rings. The molecule has 0 amide bonds. The van der Waals surface area contributed by atoms with Crippen LogP contribution in [-0.2, 0) is 12.8 Å². The van der Waals surface area contributed by atoms with Crippen LogP contribution in [0.2, 0.25) is 0 Å². The van der Waals surface area contributed by atoms with Crippen LogP contribution >= 0.6 is 0 Å². The van der Waals surface area contributed by atoms with Crippen molar-refractivity contribution in [2.75, 3.05) is 0 Å². The summed E-state index contributed by atoms with van der Waals surface area (Å²) in [6.07, 6.45) is 1.92. The Balaban J connectivity index is 1.67. The van der Waals surface area contributed by atoms with Crippen LogP contribution in [0.4, 0.5) is 0 Å². The molecule has 5 aromatic carbocycles. The second-order valence-electron chi connectivity index (χ2n) is 8.45. The lowest BCUT2D eigenvalue weighted by molar-refractivity contribution is 1.10. The molecule has 5 rings (SSSR count). The van der Waals surface area contributed by atoms with E-state index in [1.807, 2.05) is 0 Å². The van der Waals surface area contributed by atoms with E-state index in [4.69, 9.17) is 0 Å². The summed E-state index contributed by atoms with van der Waals surface area (Å²) in [5, 5.41) is 5.31. The average Bonchev–Trinajstić information content (AvgIpc) is 2.77. The molecular weight excluding hydrogens is 360 g/mol. The molecule has 0 aliphatic heterocycles. The number of fused-ring (bicyclic) bond motifs is 2. The smallest absolute Gasteiger partial charge is 0.00168 e. The van der Waals surface area contributed by atoms with Crippen molar-refractivity contribution in [2.45, 2.75) is 26.7 Å². The topological polar surface area (TPSA) is 0 Å². The second kappa shape index (κ2) is 7.80. The number of benzene rings is 5. The Kier molecular flexibility index (Phi) is 4.85. The van der Waals surface area contributed by atoms with E-state index >= 15 is 0 Å². The molecule has 0 aliphatic carbocycles. The highest BCUT2D eigenvalue weighted by molar-refractivity contribution is 6.00. The van der Waals surface area contributed by atoms with Crippen molar-refractivity contribution in [1.29, 1.82) is 0 Å². The van der Waals surface area contributed by atoms with E-state index in [0.717, 1.165) is 12.8 Å². The molecule has 30 heavy (non-hydrogen) atoms. The highest BCUT2D eigenvalue weighted by Gasteiger charge is 2.11. The summed E-state index contributed by atoms with van der Waals surface area (Å²) in [5.74, 6) is 0. The van der Waals surface area contributed by atoms with Gasteiger partial charge in [-0.1, -0.05) is 96.1 Å². The molecule has 0 nitrogen and oxygen atoms in total. The van der Waals surface area contributed by atoms with Gasteiger partial charge in [-0.15, -0.1) is 0 Å². The molecule has 0 atom stereocenters. The molecule has 146 valence electrons. The molecule has 0 aromatic heterocycles. The molecular formula is C30H26. The predicted octanol–water partition coefficient (Wildman–Crippen LogP) is 7.79. The van der Waals surface area contributed by atoms with Gasteiger partial charge < -0.3 is 0 Å². The van der Waals surface area contributed by atoms with Gasteiger partial charge in [0, 0.05) is 0 Å². The highest BCUT2D eigenvalue weighted by atomic mass is 14.2. The third-order valence-corrected chi connectivity index (χ3v) is 6.11. The molecule has 0 heteroatoms. The normalized spacial score (nSPS) is 11.3. The van der Waals surface area contributed by atoms with Gasteiger partial charge in [-0.25, -0.2) is 0 Å². The van der Waals surface area contributed by atoms with E-state index in [-0.39, 0.29) is 0 Å². The number of rotatable bonds is 4. The Morgan fingerprint density at radius 1 is 0.500 bits per heavy atom. The summed E-state index contributed by atoms with van der Waals surface area (Å²) in [7, 11) is 0. The minimum absolute atomic E-state index is 0.956. The van der Waals surface area contributed by atoms with E-state index in [1.54, 1.807) is 0 Å². The number of aryl methyl sites for hydroxylation is 2. The maximum atomic E-state index is 2.38. The van der Waals surface area contributed by atoms with Crippen LogP contribution in [0.15, 0.2) is 97.1 Å². The van der Waals surface area contributed by atoms with E-state index in [0.29, 0.717) is 0 Å². The van der Waals surface area contributed by atoms with Crippen LogP contribution in [0.5, 0.6) is 0 Å². The van der Waals surface area contributed by atoms with Crippen molar-refractivity contribution < 1.29 is 0 Å². The van der Waals surface area contributed by atoms with Crippen LogP contribution < -0.4 is 0 Å². The van der Waals surface area contributed by atoms with E-state index in [1.165, 1.54) is 54.9 Å². The number of hydrogen-bond donors (Lipinski definition) is 0. The maximum Gasteiger partial charge on any atom is -0.00168 e. The molecule has 0 saturated carbocycles. The van der Waals surface area contributed by atoms with Gasteiger partial charge in [0.2, 0.25) is 0 Å². The molecule has 0 saturated heterocycles. The van der Waals surface area contributed by atoms with Crippen molar-refractivity contribution in [3.63, 3.8) is 0 Å². The van der Waals surface area contributed by atoms with Gasteiger partial charge in [0.15, 0.2) is 0 Å². The van der Waals surface area contributed by atoms with Gasteiger partial charge in [-0.05, 0) is 82.6 Å². The summed E-state index contributed by atoms with van der Waals surface area (Å²) in [6, 6.07) is 35.9. The zero-order valence-electron chi connectivity index (χ0n) is 17.7. The SMILES string of the molecule is Cc1ccc(Cc2ccc3cc4ccccc4cc3c2Cc2ccc(C)cc2)cc1. The minimum Gasteiger partial charge on any atom is -0.0616 e. The van der Waals surface area contributed by atoms with Crippen molar-refractivity contribution in [2.24, 2.45) is 0 Å². The van der Waals surface area contributed by atoms with Crippen molar-refractivity contribution in [3.8, 4) is 0 Å². The van der Waals surface area contributed by atoms with Crippen LogP contribution in [-0.4, -0.2) is 0 Å². The standard InChI is InChI=1S/C30H26/c1-21-7-11-23(12-8-21)17-27-15-16-28-19-25-5-3-4-6-26(25)20-30(28)29(27)18-24-13-9-22(2)10-14-24/h3-16,19-20H,17-18H2,1-2H3. The average molecular weight is 387 g/mol. The first kappa shape index (κ1) is 18.6. The van der Waals surface area contributed by atoms with Gasteiger partial charge in [0.1, 0.15) is 0 Å². The molecule has 0 N–H and O–H groups in total. The lowest BCUT2D eigenvalue weighted by Crippen LogP contribution is -1.99. The summed E-state index contributed by atoms with van der Waals surface area (Å²) in [4.78, 5) is 0. The first-order valence-corrected chi connectivity index (χ1v) is 10.7. The van der Waals surface area contributed by atoms with Crippen LogP contribution in [0, 0.1) is 13.8 Å². The van der Waals surface area contributed by atoms with Crippen molar-refractivity contribution in [3.05, 3.63) is 130 Å². The largest absolute Gasteiger partial charge is 0.0616 e. The maximum absolute atomic E-state index is 2.38.